The monoisotopic (exact) mass is 235 g/mol. The van der Waals surface area contributed by atoms with Gasteiger partial charge >= 0.3 is 0 Å². The second kappa shape index (κ2) is 5.25. The van der Waals surface area contributed by atoms with E-state index in [4.69, 9.17) is 5.73 Å². The zero-order chi connectivity index (χ0) is 11.4. The minimum absolute atomic E-state index is 0.778. The first-order chi connectivity index (χ1) is 7.81. The van der Waals surface area contributed by atoms with Crippen LogP contribution in [-0.4, -0.2) is 21.6 Å². The van der Waals surface area contributed by atoms with Gasteiger partial charge in [0, 0.05) is 12.2 Å². The van der Waals surface area contributed by atoms with Crippen LogP contribution in [0.4, 0.5) is 5.69 Å². The topological polar surface area (TPSA) is 43.8 Å². The van der Waals surface area contributed by atoms with E-state index in [2.05, 4.69) is 15.8 Å². The zero-order valence-electron chi connectivity index (χ0n) is 9.52. The smallest absolute Gasteiger partial charge is 0.0958 e. The van der Waals surface area contributed by atoms with Crippen molar-refractivity contribution in [3.63, 3.8) is 0 Å². The van der Waals surface area contributed by atoms with Gasteiger partial charge in [0.1, 0.15) is 0 Å². The van der Waals surface area contributed by atoms with Crippen molar-refractivity contribution in [2.45, 2.75) is 19.4 Å². The molecule has 0 aliphatic carbocycles. The molecule has 4 heteroatoms. The second-order valence-corrected chi connectivity index (χ2v) is 4.87. The number of fused-ring (bicyclic) bond motifs is 1. The Labute approximate surface area is 100 Å². The maximum Gasteiger partial charge on any atom is 0.0958 e. The molecule has 1 aromatic heterocycles. The van der Waals surface area contributed by atoms with Crippen LogP contribution >= 0.6 is 11.8 Å². The SMILES string of the molecule is CSCCCCn1cnc2cc(N)ccc21. The van der Waals surface area contributed by atoms with Crippen LogP contribution in [0.1, 0.15) is 12.8 Å². The highest BCUT2D eigenvalue weighted by Crippen LogP contribution is 2.16. The van der Waals surface area contributed by atoms with Gasteiger partial charge in [0.2, 0.25) is 0 Å². The molecule has 3 nitrogen and oxygen atoms in total. The normalized spacial score (nSPS) is 11.1. The van der Waals surface area contributed by atoms with Gasteiger partial charge in [-0.1, -0.05) is 0 Å². The van der Waals surface area contributed by atoms with Crippen molar-refractivity contribution < 1.29 is 0 Å². The number of nitrogen functional groups attached to an aromatic ring is 1. The lowest BCUT2D eigenvalue weighted by molar-refractivity contribution is 0.649. The molecule has 0 saturated heterocycles. The van der Waals surface area contributed by atoms with E-state index in [1.54, 1.807) is 0 Å². The number of anilines is 1. The van der Waals surface area contributed by atoms with Gasteiger partial charge in [-0.25, -0.2) is 4.98 Å². The summed E-state index contributed by atoms with van der Waals surface area (Å²) in [5.74, 6) is 1.24. The van der Waals surface area contributed by atoms with Crippen LogP contribution in [-0.2, 0) is 6.54 Å². The van der Waals surface area contributed by atoms with E-state index in [9.17, 15) is 0 Å². The van der Waals surface area contributed by atoms with Crippen molar-refractivity contribution in [2.75, 3.05) is 17.7 Å². The molecule has 0 unspecified atom stereocenters. The number of imidazole rings is 1. The number of aryl methyl sites for hydroxylation is 1. The standard InChI is InChI=1S/C12H17N3S/c1-16-7-3-2-6-15-9-14-11-8-10(13)4-5-12(11)15/h4-5,8-9H,2-3,6-7,13H2,1H3. The number of nitrogens with two attached hydrogens (primary N) is 1. The molecule has 1 heterocycles. The van der Waals surface area contributed by atoms with E-state index in [1.165, 1.54) is 24.1 Å². The summed E-state index contributed by atoms with van der Waals surface area (Å²) < 4.78 is 2.20. The van der Waals surface area contributed by atoms with Gasteiger partial charge in [-0.05, 0) is 43.0 Å². The molecule has 1 aromatic carbocycles. The molecule has 0 amide bonds. The lowest BCUT2D eigenvalue weighted by atomic mass is 10.2. The van der Waals surface area contributed by atoms with Crippen molar-refractivity contribution >= 4 is 28.5 Å². The number of nitrogens with zero attached hydrogens (tertiary/aromatic N) is 2. The summed E-state index contributed by atoms with van der Waals surface area (Å²) in [6.07, 6.45) is 6.52. The van der Waals surface area contributed by atoms with Crippen molar-refractivity contribution in [3.8, 4) is 0 Å². The van der Waals surface area contributed by atoms with Crippen LogP contribution in [0.15, 0.2) is 24.5 Å². The average Bonchev–Trinajstić information content (AvgIpc) is 2.67. The summed E-state index contributed by atoms with van der Waals surface area (Å²) in [5.41, 5.74) is 8.67. The summed E-state index contributed by atoms with van der Waals surface area (Å²) in [4.78, 5) is 4.36. The molecule has 0 bridgehead atoms. The summed E-state index contributed by atoms with van der Waals surface area (Å²) in [6, 6.07) is 5.91. The van der Waals surface area contributed by atoms with E-state index in [1.807, 2.05) is 36.3 Å². The molecule has 0 spiro atoms. The Morgan fingerprint density at radius 1 is 1.38 bits per heavy atom. The van der Waals surface area contributed by atoms with E-state index in [0.29, 0.717) is 0 Å². The third-order valence-electron chi connectivity index (χ3n) is 2.64. The number of hydrogen-bond donors (Lipinski definition) is 1. The fraction of sp³-hybridized carbons (Fsp3) is 0.417. The highest BCUT2D eigenvalue weighted by Gasteiger charge is 2.01. The lowest BCUT2D eigenvalue weighted by Crippen LogP contribution is -1.96. The predicted molar refractivity (Wildman–Crippen MR) is 71.8 cm³/mol. The molecule has 0 aliphatic rings. The Kier molecular flexibility index (Phi) is 3.72. The van der Waals surface area contributed by atoms with E-state index in [0.717, 1.165) is 17.7 Å². The van der Waals surface area contributed by atoms with Crippen molar-refractivity contribution in [1.82, 2.24) is 9.55 Å². The molecule has 2 N–H and O–H groups in total. The average molecular weight is 235 g/mol. The Morgan fingerprint density at radius 2 is 2.25 bits per heavy atom. The number of hydrogen-bond acceptors (Lipinski definition) is 3. The van der Waals surface area contributed by atoms with Gasteiger partial charge < -0.3 is 10.3 Å². The van der Waals surface area contributed by atoms with Gasteiger partial charge in [-0.15, -0.1) is 0 Å². The molecular formula is C12H17N3S. The number of unbranched alkanes of at least 4 members (excludes halogenated alkanes) is 1. The maximum absolute atomic E-state index is 5.72. The van der Waals surface area contributed by atoms with Crippen LogP contribution in [0.3, 0.4) is 0 Å². The largest absolute Gasteiger partial charge is 0.399 e. The predicted octanol–water partition coefficient (Wildman–Crippen LogP) is 2.76. The summed E-state index contributed by atoms with van der Waals surface area (Å²) in [7, 11) is 0. The third-order valence-corrected chi connectivity index (χ3v) is 3.34. The Bertz CT molecular complexity index is 464. The first kappa shape index (κ1) is 11.3. The van der Waals surface area contributed by atoms with Crippen molar-refractivity contribution in [3.05, 3.63) is 24.5 Å². The molecule has 16 heavy (non-hydrogen) atoms. The first-order valence-corrected chi connectivity index (χ1v) is 6.90. The molecule has 86 valence electrons. The van der Waals surface area contributed by atoms with Crippen LogP contribution in [0.25, 0.3) is 11.0 Å². The highest BCUT2D eigenvalue weighted by atomic mass is 32.2. The molecule has 2 rings (SSSR count). The summed E-state index contributed by atoms with van der Waals surface area (Å²) in [6.45, 7) is 1.04. The van der Waals surface area contributed by atoms with Gasteiger partial charge in [-0.3, -0.25) is 0 Å². The zero-order valence-corrected chi connectivity index (χ0v) is 10.3. The van der Waals surface area contributed by atoms with Crippen molar-refractivity contribution in [2.24, 2.45) is 0 Å². The molecule has 0 radical (unpaired) electrons. The number of benzene rings is 1. The molecule has 2 aromatic rings. The fourth-order valence-corrected chi connectivity index (χ4v) is 2.28. The lowest BCUT2D eigenvalue weighted by Gasteiger charge is -2.03. The Morgan fingerprint density at radius 3 is 3.06 bits per heavy atom. The first-order valence-electron chi connectivity index (χ1n) is 5.50. The van der Waals surface area contributed by atoms with Gasteiger partial charge in [0.05, 0.1) is 17.4 Å². The molecule has 0 aliphatic heterocycles. The van der Waals surface area contributed by atoms with Crippen LogP contribution < -0.4 is 5.73 Å². The molecule has 0 fully saturated rings. The number of rotatable bonds is 5. The number of thioether (sulfide) groups is 1. The molecular weight excluding hydrogens is 218 g/mol. The molecule has 0 atom stereocenters. The maximum atomic E-state index is 5.72. The second-order valence-electron chi connectivity index (χ2n) is 3.89. The minimum atomic E-state index is 0.778. The summed E-state index contributed by atoms with van der Waals surface area (Å²) >= 11 is 1.90. The van der Waals surface area contributed by atoms with Gasteiger partial charge in [0.15, 0.2) is 0 Å². The minimum Gasteiger partial charge on any atom is -0.399 e. The third kappa shape index (κ3) is 2.50. The summed E-state index contributed by atoms with van der Waals surface area (Å²) in [5, 5.41) is 0. The Balaban J connectivity index is 2.07. The fourth-order valence-electron chi connectivity index (χ4n) is 1.79. The van der Waals surface area contributed by atoms with Crippen LogP contribution in [0.2, 0.25) is 0 Å². The van der Waals surface area contributed by atoms with E-state index in [-0.39, 0.29) is 0 Å². The Hall–Kier alpha value is -1.16. The van der Waals surface area contributed by atoms with Gasteiger partial charge in [-0.2, -0.15) is 11.8 Å². The van der Waals surface area contributed by atoms with E-state index >= 15 is 0 Å². The number of aromatic nitrogens is 2. The van der Waals surface area contributed by atoms with Gasteiger partial charge in [0.25, 0.3) is 0 Å². The van der Waals surface area contributed by atoms with Crippen LogP contribution in [0.5, 0.6) is 0 Å². The highest BCUT2D eigenvalue weighted by molar-refractivity contribution is 7.98. The van der Waals surface area contributed by atoms with Crippen molar-refractivity contribution in [1.29, 1.82) is 0 Å². The molecule has 0 saturated carbocycles. The quantitative estimate of drug-likeness (QED) is 0.640. The van der Waals surface area contributed by atoms with Crippen LogP contribution in [0, 0.1) is 0 Å². The van der Waals surface area contributed by atoms with E-state index < -0.39 is 0 Å².